The summed E-state index contributed by atoms with van der Waals surface area (Å²) in [5, 5.41) is 3.14. The number of carbonyl (C=O) groups is 1. The molecule has 1 aromatic carbocycles. The third-order valence-corrected chi connectivity index (χ3v) is 7.35. The van der Waals surface area contributed by atoms with Gasteiger partial charge in [-0.1, -0.05) is 13.0 Å². The van der Waals surface area contributed by atoms with Crippen LogP contribution in [0.1, 0.15) is 44.1 Å². The molecule has 3 N–H and O–H groups in total. The van der Waals surface area contributed by atoms with Crippen LogP contribution in [0, 0.1) is 24.6 Å². The van der Waals surface area contributed by atoms with Gasteiger partial charge in [-0.3, -0.25) is 9.69 Å². The molecule has 2 saturated heterocycles. The first-order valence-electron chi connectivity index (χ1n) is 13.1. The summed E-state index contributed by atoms with van der Waals surface area (Å²) in [6.45, 7) is 10.1. The van der Waals surface area contributed by atoms with Gasteiger partial charge in [0.1, 0.15) is 22.9 Å². The fourth-order valence-electron chi connectivity index (χ4n) is 5.48. The average molecular weight is 502 g/mol. The first-order valence-corrected chi connectivity index (χ1v) is 13.1. The van der Waals surface area contributed by atoms with Gasteiger partial charge in [0.2, 0.25) is 11.8 Å². The van der Waals surface area contributed by atoms with Crippen molar-refractivity contribution in [3.05, 3.63) is 35.5 Å². The standard InChI is InChI=1S/C27H40FN5O3/c1-18-14-21(29)16-33(15-18)11-5-10-30-26(34)20-8-12-32(13-9-20)17-23-19(2)36-27(31-23)25-22(28)6-4-7-24(25)35-3/h4,6-7,18,20-21H,5,8-17,29H2,1-3H3,(H,30,34)/t18-,21+/m0/s1. The number of amides is 1. The van der Waals surface area contributed by atoms with Gasteiger partial charge in [-0.25, -0.2) is 9.37 Å². The molecule has 0 unspecified atom stereocenters. The molecule has 0 aliphatic carbocycles. The second-order valence-electron chi connectivity index (χ2n) is 10.4. The van der Waals surface area contributed by atoms with Gasteiger partial charge in [-0.15, -0.1) is 0 Å². The molecule has 2 aliphatic rings. The van der Waals surface area contributed by atoms with Crippen LogP contribution in [0.5, 0.6) is 5.75 Å². The Morgan fingerprint density at radius 1 is 1.28 bits per heavy atom. The fraction of sp³-hybridized carbons (Fsp3) is 0.630. The summed E-state index contributed by atoms with van der Waals surface area (Å²) in [7, 11) is 1.50. The quantitative estimate of drug-likeness (QED) is 0.510. The minimum atomic E-state index is -0.428. The van der Waals surface area contributed by atoms with Gasteiger partial charge in [0.05, 0.1) is 12.8 Å². The van der Waals surface area contributed by atoms with Gasteiger partial charge in [0.15, 0.2) is 0 Å². The highest BCUT2D eigenvalue weighted by Crippen LogP contribution is 2.33. The van der Waals surface area contributed by atoms with Gasteiger partial charge < -0.3 is 25.1 Å². The van der Waals surface area contributed by atoms with Crippen LogP contribution in [0.2, 0.25) is 0 Å². The maximum Gasteiger partial charge on any atom is 0.233 e. The molecule has 2 atom stereocenters. The molecule has 0 radical (unpaired) electrons. The normalized spacial score (nSPS) is 22.0. The number of carbonyl (C=O) groups excluding carboxylic acids is 1. The lowest BCUT2D eigenvalue weighted by molar-refractivity contribution is -0.126. The van der Waals surface area contributed by atoms with Crippen LogP contribution in [-0.4, -0.2) is 73.1 Å². The number of aromatic nitrogens is 1. The lowest BCUT2D eigenvalue weighted by Crippen LogP contribution is -2.47. The molecule has 2 fully saturated rings. The Morgan fingerprint density at radius 3 is 2.78 bits per heavy atom. The van der Waals surface area contributed by atoms with Crippen molar-refractivity contribution in [2.45, 2.75) is 52.1 Å². The minimum absolute atomic E-state index is 0.0429. The Labute approximate surface area is 213 Å². The summed E-state index contributed by atoms with van der Waals surface area (Å²) in [4.78, 5) is 22.0. The number of nitrogens with two attached hydrogens (primary N) is 1. The summed E-state index contributed by atoms with van der Waals surface area (Å²) in [6.07, 6.45) is 3.68. The monoisotopic (exact) mass is 501 g/mol. The van der Waals surface area contributed by atoms with Crippen molar-refractivity contribution in [1.82, 2.24) is 20.1 Å². The van der Waals surface area contributed by atoms with E-state index < -0.39 is 5.82 Å². The zero-order valence-electron chi connectivity index (χ0n) is 21.8. The molecule has 0 bridgehead atoms. The van der Waals surface area contributed by atoms with E-state index in [2.05, 4.69) is 27.0 Å². The minimum Gasteiger partial charge on any atom is -0.496 e. The lowest BCUT2D eigenvalue weighted by atomic mass is 9.95. The van der Waals surface area contributed by atoms with Crippen LogP contribution in [0.3, 0.4) is 0 Å². The molecule has 8 nitrogen and oxygen atoms in total. The Balaban J connectivity index is 1.21. The molecule has 0 spiro atoms. The summed E-state index contributed by atoms with van der Waals surface area (Å²) in [5.74, 6) is 1.70. The summed E-state index contributed by atoms with van der Waals surface area (Å²) >= 11 is 0. The van der Waals surface area contributed by atoms with E-state index in [1.165, 1.54) is 13.2 Å². The van der Waals surface area contributed by atoms with Crippen molar-refractivity contribution in [2.24, 2.45) is 17.6 Å². The van der Waals surface area contributed by atoms with Crippen molar-refractivity contribution < 1.29 is 18.3 Å². The van der Waals surface area contributed by atoms with Gasteiger partial charge >= 0.3 is 0 Å². The highest BCUT2D eigenvalue weighted by Gasteiger charge is 2.27. The number of halogens is 1. The molecular formula is C27H40FN5O3. The molecule has 2 aliphatic heterocycles. The maximum absolute atomic E-state index is 14.4. The predicted octanol–water partition coefficient (Wildman–Crippen LogP) is 3.19. The highest BCUT2D eigenvalue weighted by molar-refractivity contribution is 5.78. The Bertz CT molecular complexity index is 1010. The number of nitrogens with zero attached hydrogens (tertiary/aromatic N) is 3. The number of rotatable bonds is 9. The van der Waals surface area contributed by atoms with Crippen LogP contribution in [0.25, 0.3) is 11.5 Å². The van der Waals surface area contributed by atoms with E-state index >= 15 is 0 Å². The van der Waals surface area contributed by atoms with E-state index in [-0.39, 0.29) is 29.3 Å². The molecule has 2 aromatic rings. The molecule has 1 amide bonds. The van der Waals surface area contributed by atoms with E-state index in [0.717, 1.165) is 64.1 Å². The van der Waals surface area contributed by atoms with Gasteiger partial charge in [-0.05, 0) is 70.3 Å². The first kappa shape index (κ1) is 26.6. The molecular weight excluding hydrogens is 461 g/mol. The van der Waals surface area contributed by atoms with E-state index in [4.69, 9.17) is 14.9 Å². The van der Waals surface area contributed by atoms with Crippen LogP contribution in [-0.2, 0) is 11.3 Å². The number of oxazole rings is 1. The van der Waals surface area contributed by atoms with Crippen LogP contribution in [0.15, 0.2) is 22.6 Å². The Hall–Kier alpha value is -2.49. The van der Waals surface area contributed by atoms with Gasteiger partial charge in [-0.2, -0.15) is 0 Å². The summed E-state index contributed by atoms with van der Waals surface area (Å²) < 4.78 is 25.5. The van der Waals surface area contributed by atoms with Crippen LogP contribution >= 0.6 is 0 Å². The number of piperidine rings is 2. The second kappa shape index (κ2) is 12.2. The average Bonchev–Trinajstić information content (AvgIpc) is 3.20. The van der Waals surface area contributed by atoms with E-state index in [0.29, 0.717) is 30.5 Å². The van der Waals surface area contributed by atoms with E-state index in [9.17, 15) is 9.18 Å². The van der Waals surface area contributed by atoms with Crippen LogP contribution in [0.4, 0.5) is 4.39 Å². The van der Waals surface area contributed by atoms with Crippen molar-refractivity contribution in [2.75, 3.05) is 46.4 Å². The smallest absolute Gasteiger partial charge is 0.233 e. The topological polar surface area (TPSA) is 96.9 Å². The number of ether oxygens (including phenoxy) is 1. The Kier molecular flexibility index (Phi) is 8.98. The van der Waals surface area contributed by atoms with Crippen molar-refractivity contribution in [3.63, 3.8) is 0 Å². The third-order valence-electron chi connectivity index (χ3n) is 7.35. The summed E-state index contributed by atoms with van der Waals surface area (Å²) in [6, 6.07) is 4.93. The Morgan fingerprint density at radius 2 is 2.06 bits per heavy atom. The van der Waals surface area contributed by atoms with Crippen molar-refractivity contribution in [3.8, 4) is 17.2 Å². The zero-order chi connectivity index (χ0) is 25.7. The van der Waals surface area contributed by atoms with Gasteiger partial charge in [0, 0.05) is 38.1 Å². The molecule has 4 rings (SSSR count). The van der Waals surface area contributed by atoms with Crippen LogP contribution < -0.4 is 15.8 Å². The SMILES string of the molecule is COc1cccc(F)c1-c1nc(CN2CCC(C(=O)NCCCN3C[C@@H](C)C[C@@H](N)C3)CC2)c(C)o1. The van der Waals surface area contributed by atoms with Crippen molar-refractivity contribution >= 4 is 5.91 Å². The molecule has 0 saturated carbocycles. The molecule has 198 valence electrons. The number of aryl methyl sites for hydroxylation is 1. The van der Waals surface area contributed by atoms with E-state index in [1.54, 1.807) is 12.1 Å². The number of nitrogens with one attached hydrogen (secondary N) is 1. The lowest BCUT2D eigenvalue weighted by Gasteiger charge is -2.34. The molecule has 9 heteroatoms. The fourth-order valence-corrected chi connectivity index (χ4v) is 5.48. The van der Waals surface area contributed by atoms with Crippen molar-refractivity contribution in [1.29, 1.82) is 0 Å². The zero-order valence-corrected chi connectivity index (χ0v) is 21.8. The number of benzene rings is 1. The predicted molar refractivity (Wildman–Crippen MR) is 137 cm³/mol. The number of hydrogen-bond donors (Lipinski definition) is 2. The highest BCUT2D eigenvalue weighted by atomic mass is 19.1. The molecule has 3 heterocycles. The number of hydrogen-bond acceptors (Lipinski definition) is 7. The second-order valence-corrected chi connectivity index (χ2v) is 10.4. The summed E-state index contributed by atoms with van der Waals surface area (Å²) in [5.41, 5.74) is 7.16. The number of likely N-dealkylation sites (tertiary alicyclic amines) is 2. The molecule has 1 aromatic heterocycles. The van der Waals surface area contributed by atoms with Gasteiger partial charge in [0.25, 0.3) is 0 Å². The largest absolute Gasteiger partial charge is 0.496 e. The first-order chi connectivity index (χ1) is 17.3. The number of methoxy groups -OCH3 is 1. The third kappa shape index (κ3) is 6.63. The van der Waals surface area contributed by atoms with E-state index in [1.807, 2.05) is 6.92 Å². The molecule has 36 heavy (non-hydrogen) atoms. The maximum atomic E-state index is 14.4.